The van der Waals surface area contributed by atoms with E-state index in [0.29, 0.717) is 24.5 Å². The molecule has 3 aromatic rings. The molecular formula is C21H23N3O3. The summed E-state index contributed by atoms with van der Waals surface area (Å²) in [5.74, 6) is 0.568. The number of fused-ring (bicyclic) bond motifs is 1. The van der Waals surface area contributed by atoms with Crippen LogP contribution in [0.4, 0.5) is 0 Å². The number of nitrogens with zero attached hydrogens (tertiary/aromatic N) is 3. The molecule has 6 heteroatoms. The molecule has 2 aromatic carbocycles. The van der Waals surface area contributed by atoms with Crippen LogP contribution in [0.5, 0.6) is 0 Å². The fraction of sp³-hybridized carbons (Fsp3) is 0.333. The number of hydrogen-bond donors (Lipinski definition) is 0. The monoisotopic (exact) mass is 365 g/mol. The SMILES string of the molecule is CN(Cc1cccc2ccccc12)C(=O)c1cc(CN2CCOCC2)on1. The van der Waals surface area contributed by atoms with Crippen LogP contribution in [0.2, 0.25) is 0 Å². The Kier molecular flexibility index (Phi) is 5.18. The van der Waals surface area contributed by atoms with Crippen molar-refractivity contribution >= 4 is 16.7 Å². The van der Waals surface area contributed by atoms with E-state index in [1.54, 1.807) is 18.0 Å². The zero-order valence-electron chi connectivity index (χ0n) is 15.4. The van der Waals surface area contributed by atoms with E-state index in [9.17, 15) is 4.79 Å². The molecule has 1 aromatic heterocycles. The van der Waals surface area contributed by atoms with Gasteiger partial charge in [0.1, 0.15) is 0 Å². The van der Waals surface area contributed by atoms with Gasteiger partial charge in [-0.1, -0.05) is 47.6 Å². The molecule has 0 unspecified atom stereocenters. The molecule has 27 heavy (non-hydrogen) atoms. The number of morpholine rings is 1. The van der Waals surface area contributed by atoms with Crippen LogP contribution in [0.15, 0.2) is 53.1 Å². The molecule has 4 rings (SSSR count). The summed E-state index contributed by atoms with van der Waals surface area (Å²) in [6.45, 7) is 4.36. The van der Waals surface area contributed by atoms with Crippen molar-refractivity contribution in [3.8, 4) is 0 Å². The van der Waals surface area contributed by atoms with E-state index >= 15 is 0 Å². The summed E-state index contributed by atoms with van der Waals surface area (Å²) in [6.07, 6.45) is 0. The highest BCUT2D eigenvalue weighted by Gasteiger charge is 2.19. The van der Waals surface area contributed by atoms with Crippen LogP contribution in [-0.4, -0.2) is 54.2 Å². The molecule has 0 bridgehead atoms. The van der Waals surface area contributed by atoms with Crippen molar-refractivity contribution in [1.82, 2.24) is 15.0 Å². The van der Waals surface area contributed by atoms with Gasteiger partial charge in [0.15, 0.2) is 11.5 Å². The highest BCUT2D eigenvalue weighted by molar-refractivity contribution is 5.92. The maximum atomic E-state index is 12.8. The van der Waals surface area contributed by atoms with Gasteiger partial charge in [0.05, 0.1) is 19.8 Å². The zero-order chi connectivity index (χ0) is 18.6. The lowest BCUT2D eigenvalue weighted by Crippen LogP contribution is -2.35. The normalized spacial score (nSPS) is 15.1. The number of ether oxygens (including phenoxy) is 1. The van der Waals surface area contributed by atoms with E-state index < -0.39 is 0 Å². The number of carbonyl (C=O) groups excluding carboxylic acids is 1. The molecule has 0 radical (unpaired) electrons. The minimum Gasteiger partial charge on any atom is -0.379 e. The third-order valence-corrected chi connectivity index (χ3v) is 4.90. The summed E-state index contributed by atoms with van der Waals surface area (Å²) in [7, 11) is 1.79. The van der Waals surface area contributed by atoms with Crippen molar-refractivity contribution in [3.63, 3.8) is 0 Å². The number of amides is 1. The molecule has 140 valence electrons. The molecule has 0 spiro atoms. The molecule has 1 fully saturated rings. The minimum atomic E-state index is -0.139. The highest BCUT2D eigenvalue weighted by Crippen LogP contribution is 2.20. The summed E-state index contributed by atoms with van der Waals surface area (Å²) in [4.78, 5) is 16.7. The van der Waals surface area contributed by atoms with E-state index in [0.717, 1.165) is 37.3 Å². The number of benzene rings is 2. The lowest BCUT2D eigenvalue weighted by molar-refractivity contribution is 0.0305. The Morgan fingerprint density at radius 3 is 2.78 bits per heavy atom. The fourth-order valence-corrected chi connectivity index (χ4v) is 3.42. The number of rotatable bonds is 5. The van der Waals surface area contributed by atoms with Crippen LogP contribution in [0.25, 0.3) is 10.8 Å². The van der Waals surface area contributed by atoms with Gasteiger partial charge >= 0.3 is 0 Å². The van der Waals surface area contributed by atoms with E-state index in [1.165, 1.54) is 5.39 Å². The Morgan fingerprint density at radius 2 is 1.93 bits per heavy atom. The van der Waals surface area contributed by atoms with E-state index in [1.807, 2.05) is 18.2 Å². The van der Waals surface area contributed by atoms with Gasteiger partial charge in [-0.2, -0.15) is 0 Å². The Balaban J connectivity index is 1.44. The molecule has 1 aliphatic rings. The first-order valence-electron chi connectivity index (χ1n) is 9.18. The third-order valence-electron chi connectivity index (χ3n) is 4.90. The maximum Gasteiger partial charge on any atom is 0.276 e. The summed E-state index contributed by atoms with van der Waals surface area (Å²) in [5.41, 5.74) is 1.46. The van der Waals surface area contributed by atoms with E-state index in [4.69, 9.17) is 9.26 Å². The Hall–Kier alpha value is -2.70. The standard InChI is InChI=1S/C21H23N3O3/c1-23(14-17-7-4-6-16-5-2-3-8-19(16)17)21(25)20-13-18(27-22-20)15-24-9-11-26-12-10-24/h2-8,13H,9-12,14-15H2,1H3. The van der Waals surface area contributed by atoms with Crippen molar-refractivity contribution in [2.75, 3.05) is 33.4 Å². The highest BCUT2D eigenvalue weighted by atomic mass is 16.5. The molecule has 0 saturated carbocycles. The molecule has 0 atom stereocenters. The average molecular weight is 365 g/mol. The number of hydrogen-bond acceptors (Lipinski definition) is 5. The molecule has 0 aliphatic carbocycles. The molecular weight excluding hydrogens is 342 g/mol. The Morgan fingerprint density at radius 1 is 1.15 bits per heavy atom. The van der Waals surface area contributed by atoms with Gasteiger partial charge in [-0.25, -0.2) is 0 Å². The Labute approximate surface area is 158 Å². The van der Waals surface area contributed by atoms with Crippen LogP contribution in [-0.2, 0) is 17.8 Å². The summed E-state index contributed by atoms with van der Waals surface area (Å²) in [6, 6.07) is 16.1. The summed E-state index contributed by atoms with van der Waals surface area (Å²) in [5, 5.41) is 6.31. The lowest BCUT2D eigenvalue weighted by atomic mass is 10.0. The second kappa shape index (κ2) is 7.90. The van der Waals surface area contributed by atoms with Crippen LogP contribution in [0.3, 0.4) is 0 Å². The topological polar surface area (TPSA) is 58.8 Å². The van der Waals surface area contributed by atoms with Crippen LogP contribution in [0, 0.1) is 0 Å². The zero-order valence-corrected chi connectivity index (χ0v) is 15.4. The van der Waals surface area contributed by atoms with E-state index in [2.05, 4.69) is 34.3 Å². The van der Waals surface area contributed by atoms with Gasteiger partial charge in [0, 0.05) is 32.7 Å². The number of carbonyl (C=O) groups is 1. The first-order valence-corrected chi connectivity index (χ1v) is 9.18. The molecule has 0 N–H and O–H groups in total. The van der Waals surface area contributed by atoms with Crippen LogP contribution >= 0.6 is 0 Å². The smallest absolute Gasteiger partial charge is 0.276 e. The average Bonchev–Trinajstić information content (AvgIpc) is 3.17. The van der Waals surface area contributed by atoms with Crippen molar-refractivity contribution in [3.05, 3.63) is 65.5 Å². The maximum absolute atomic E-state index is 12.8. The summed E-state index contributed by atoms with van der Waals surface area (Å²) < 4.78 is 10.7. The predicted octanol–water partition coefficient (Wildman–Crippen LogP) is 2.93. The van der Waals surface area contributed by atoms with Gasteiger partial charge < -0.3 is 14.2 Å². The molecule has 2 heterocycles. The summed E-state index contributed by atoms with van der Waals surface area (Å²) >= 11 is 0. The van der Waals surface area contributed by atoms with E-state index in [-0.39, 0.29) is 5.91 Å². The van der Waals surface area contributed by atoms with Crippen LogP contribution in [0.1, 0.15) is 21.8 Å². The Bertz CT molecular complexity index is 926. The van der Waals surface area contributed by atoms with Crippen molar-refractivity contribution in [1.29, 1.82) is 0 Å². The van der Waals surface area contributed by atoms with Gasteiger partial charge in [-0.15, -0.1) is 0 Å². The van der Waals surface area contributed by atoms with Gasteiger partial charge in [-0.05, 0) is 16.3 Å². The second-order valence-corrected chi connectivity index (χ2v) is 6.87. The second-order valence-electron chi connectivity index (χ2n) is 6.87. The third kappa shape index (κ3) is 4.02. The van der Waals surface area contributed by atoms with Gasteiger partial charge in [-0.3, -0.25) is 9.69 Å². The number of aromatic nitrogens is 1. The first-order chi connectivity index (χ1) is 13.2. The minimum absolute atomic E-state index is 0.139. The first kappa shape index (κ1) is 17.7. The predicted molar refractivity (Wildman–Crippen MR) is 102 cm³/mol. The van der Waals surface area contributed by atoms with Crippen LogP contribution < -0.4 is 0 Å². The van der Waals surface area contributed by atoms with Crippen molar-refractivity contribution in [2.45, 2.75) is 13.1 Å². The lowest BCUT2D eigenvalue weighted by Gasteiger charge is -2.25. The molecule has 6 nitrogen and oxygen atoms in total. The fourth-order valence-electron chi connectivity index (χ4n) is 3.42. The molecule has 1 saturated heterocycles. The van der Waals surface area contributed by atoms with Gasteiger partial charge in [0.2, 0.25) is 0 Å². The largest absolute Gasteiger partial charge is 0.379 e. The molecule has 1 amide bonds. The quantitative estimate of drug-likeness (QED) is 0.696. The van der Waals surface area contributed by atoms with Gasteiger partial charge in [0.25, 0.3) is 5.91 Å². The van der Waals surface area contributed by atoms with Crippen molar-refractivity contribution < 1.29 is 14.1 Å². The molecule has 1 aliphatic heterocycles. The van der Waals surface area contributed by atoms with Crippen molar-refractivity contribution in [2.24, 2.45) is 0 Å².